The van der Waals surface area contributed by atoms with Crippen LogP contribution in [0.25, 0.3) is 0 Å². The number of hydrogen-bond acceptors (Lipinski definition) is 5. The number of primary sulfonamides is 1. The molecule has 0 spiro atoms. The van der Waals surface area contributed by atoms with Gasteiger partial charge in [-0.25, -0.2) is 22.0 Å². The molecule has 1 saturated heterocycles. The maximum Gasteiger partial charge on any atom is 0.243 e. The molecule has 0 radical (unpaired) electrons. The van der Waals surface area contributed by atoms with Crippen LogP contribution in [0.2, 0.25) is 0 Å². The van der Waals surface area contributed by atoms with Crippen molar-refractivity contribution in [2.24, 2.45) is 10.9 Å². The Bertz CT molecular complexity index is 692. The van der Waals surface area contributed by atoms with Crippen LogP contribution in [0.5, 0.6) is 0 Å². The molecule has 1 aliphatic rings. The summed E-state index contributed by atoms with van der Waals surface area (Å²) in [4.78, 5) is -0.285. The zero-order valence-electron chi connectivity index (χ0n) is 10.8. The number of nitrogens with two attached hydrogens (primary N) is 2. The van der Waals surface area contributed by atoms with E-state index in [2.05, 4.69) is 0 Å². The molecular formula is C11H17N3O4S2. The van der Waals surface area contributed by atoms with Crippen molar-refractivity contribution in [1.82, 2.24) is 4.31 Å². The van der Waals surface area contributed by atoms with Crippen molar-refractivity contribution in [1.29, 1.82) is 0 Å². The van der Waals surface area contributed by atoms with Gasteiger partial charge in [-0.1, -0.05) is 6.07 Å². The van der Waals surface area contributed by atoms with Crippen LogP contribution < -0.4 is 10.9 Å². The van der Waals surface area contributed by atoms with Gasteiger partial charge in [0.15, 0.2) is 0 Å². The Labute approximate surface area is 118 Å². The zero-order valence-corrected chi connectivity index (χ0v) is 12.4. The normalized spacial score (nSPS) is 19.1. The fraction of sp³-hybridized carbons (Fsp3) is 0.455. The van der Waals surface area contributed by atoms with Crippen molar-refractivity contribution in [2.75, 3.05) is 13.1 Å². The summed E-state index contributed by atoms with van der Waals surface area (Å²) >= 11 is 0. The Morgan fingerprint density at radius 3 is 2.15 bits per heavy atom. The maximum atomic E-state index is 12.4. The van der Waals surface area contributed by atoms with Gasteiger partial charge in [-0.05, 0) is 31.0 Å². The highest BCUT2D eigenvalue weighted by atomic mass is 32.2. The highest BCUT2D eigenvalue weighted by Gasteiger charge is 2.28. The van der Waals surface area contributed by atoms with E-state index < -0.39 is 20.0 Å². The fourth-order valence-corrected chi connectivity index (χ4v) is 4.23. The van der Waals surface area contributed by atoms with E-state index in [0.717, 1.165) is 6.07 Å². The molecule has 112 valence electrons. The lowest BCUT2D eigenvalue weighted by molar-refractivity contribution is 0.320. The SMILES string of the molecule is NC1CCN(S(=O)(=O)c2cccc(S(N)(=O)=O)c2)CC1. The van der Waals surface area contributed by atoms with Crippen LogP contribution in [0, 0.1) is 0 Å². The number of benzene rings is 1. The summed E-state index contributed by atoms with van der Waals surface area (Å²) in [6.45, 7) is 0.673. The molecule has 1 aromatic carbocycles. The van der Waals surface area contributed by atoms with Crippen LogP contribution >= 0.6 is 0 Å². The van der Waals surface area contributed by atoms with E-state index in [1.54, 1.807) is 0 Å². The van der Waals surface area contributed by atoms with Crippen LogP contribution in [-0.4, -0.2) is 40.3 Å². The molecule has 0 aromatic heterocycles. The molecule has 20 heavy (non-hydrogen) atoms. The molecule has 1 fully saturated rings. The first-order valence-electron chi connectivity index (χ1n) is 6.10. The predicted molar refractivity (Wildman–Crippen MR) is 73.8 cm³/mol. The Morgan fingerprint density at radius 1 is 1.05 bits per heavy atom. The fourth-order valence-electron chi connectivity index (χ4n) is 2.08. The zero-order chi connectivity index (χ0) is 15.0. The van der Waals surface area contributed by atoms with Gasteiger partial charge in [-0.15, -0.1) is 0 Å². The topological polar surface area (TPSA) is 124 Å². The largest absolute Gasteiger partial charge is 0.328 e. The van der Waals surface area contributed by atoms with E-state index in [1.165, 1.54) is 22.5 Å². The van der Waals surface area contributed by atoms with Crippen molar-refractivity contribution >= 4 is 20.0 Å². The third-order valence-electron chi connectivity index (χ3n) is 3.27. The van der Waals surface area contributed by atoms with Crippen molar-refractivity contribution in [3.63, 3.8) is 0 Å². The Morgan fingerprint density at radius 2 is 1.60 bits per heavy atom. The summed E-state index contributed by atoms with van der Waals surface area (Å²) < 4.78 is 48.7. The van der Waals surface area contributed by atoms with Gasteiger partial charge in [0.25, 0.3) is 0 Å². The average molecular weight is 319 g/mol. The number of sulfonamides is 2. The minimum atomic E-state index is -3.93. The Hall–Kier alpha value is -1.00. The van der Waals surface area contributed by atoms with Gasteiger partial charge >= 0.3 is 0 Å². The molecule has 0 unspecified atom stereocenters. The summed E-state index contributed by atoms with van der Waals surface area (Å²) in [5.41, 5.74) is 5.74. The standard InChI is InChI=1S/C11H17N3O4S2/c12-9-4-6-14(7-5-9)20(17,18)11-3-1-2-10(8-11)19(13,15)16/h1-3,8-9H,4-7,12H2,(H2,13,15,16). The number of hydrogen-bond donors (Lipinski definition) is 2. The van der Waals surface area contributed by atoms with Gasteiger partial charge in [0.1, 0.15) is 0 Å². The van der Waals surface area contributed by atoms with Gasteiger partial charge in [0, 0.05) is 19.1 Å². The van der Waals surface area contributed by atoms with Crippen LogP contribution in [0.3, 0.4) is 0 Å². The monoisotopic (exact) mass is 319 g/mol. The molecule has 4 N–H and O–H groups in total. The van der Waals surface area contributed by atoms with E-state index in [-0.39, 0.29) is 15.8 Å². The van der Waals surface area contributed by atoms with Gasteiger partial charge in [0.05, 0.1) is 9.79 Å². The number of piperidine rings is 1. The summed E-state index contributed by atoms with van der Waals surface area (Å²) in [5, 5.41) is 5.01. The molecule has 0 bridgehead atoms. The molecular weight excluding hydrogens is 302 g/mol. The molecule has 0 atom stereocenters. The molecule has 0 amide bonds. The first kappa shape index (κ1) is 15.4. The van der Waals surface area contributed by atoms with Crippen LogP contribution in [0.15, 0.2) is 34.1 Å². The molecule has 9 heteroatoms. The summed E-state index contributed by atoms with van der Waals surface area (Å²) in [5.74, 6) is 0. The highest BCUT2D eigenvalue weighted by Crippen LogP contribution is 2.22. The smallest absolute Gasteiger partial charge is 0.243 e. The third kappa shape index (κ3) is 3.18. The maximum absolute atomic E-state index is 12.4. The molecule has 0 saturated carbocycles. The van der Waals surface area contributed by atoms with Crippen molar-refractivity contribution in [2.45, 2.75) is 28.7 Å². The minimum absolute atomic E-state index is 0.0113. The molecule has 1 aliphatic heterocycles. The lowest BCUT2D eigenvalue weighted by atomic mass is 10.1. The first-order chi connectivity index (χ1) is 9.21. The molecule has 1 aromatic rings. The lowest BCUT2D eigenvalue weighted by Gasteiger charge is -2.29. The van der Waals surface area contributed by atoms with E-state index in [4.69, 9.17) is 10.9 Å². The lowest BCUT2D eigenvalue weighted by Crippen LogP contribution is -2.42. The Kier molecular flexibility index (Phi) is 4.17. The molecule has 2 rings (SSSR count). The predicted octanol–water partition coefficient (Wildman–Crippen LogP) is -0.554. The summed E-state index contributed by atoms with van der Waals surface area (Å²) in [6, 6.07) is 5.08. The van der Waals surface area contributed by atoms with E-state index in [9.17, 15) is 16.8 Å². The molecule has 7 nitrogen and oxygen atoms in total. The second-order valence-electron chi connectivity index (χ2n) is 4.76. The van der Waals surface area contributed by atoms with Crippen molar-refractivity contribution in [3.8, 4) is 0 Å². The quantitative estimate of drug-likeness (QED) is 0.773. The van der Waals surface area contributed by atoms with E-state index >= 15 is 0 Å². The highest BCUT2D eigenvalue weighted by molar-refractivity contribution is 7.90. The van der Waals surface area contributed by atoms with Crippen molar-refractivity contribution in [3.05, 3.63) is 24.3 Å². The first-order valence-corrected chi connectivity index (χ1v) is 9.08. The second-order valence-corrected chi connectivity index (χ2v) is 8.26. The summed E-state index contributed by atoms with van der Waals surface area (Å²) in [7, 11) is -7.64. The molecule has 0 aliphatic carbocycles. The van der Waals surface area contributed by atoms with Gasteiger partial charge in [-0.3, -0.25) is 0 Å². The van der Waals surface area contributed by atoms with E-state index in [1.807, 2.05) is 0 Å². The minimum Gasteiger partial charge on any atom is -0.328 e. The number of nitrogens with zero attached hydrogens (tertiary/aromatic N) is 1. The van der Waals surface area contributed by atoms with Crippen LogP contribution in [0.4, 0.5) is 0 Å². The van der Waals surface area contributed by atoms with Gasteiger partial charge in [0.2, 0.25) is 20.0 Å². The second kappa shape index (κ2) is 5.41. The Balaban J connectivity index is 2.35. The number of rotatable bonds is 3. The van der Waals surface area contributed by atoms with Crippen LogP contribution in [-0.2, 0) is 20.0 Å². The van der Waals surface area contributed by atoms with Crippen LogP contribution in [0.1, 0.15) is 12.8 Å². The summed E-state index contributed by atoms with van der Waals surface area (Å²) in [6.07, 6.45) is 1.18. The molecule has 1 heterocycles. The van der Waals surface area contributed by atoms with Gasteiger partial charge in [-0.2, -0.15) is 4.31 Å². The van der Waals surface area contributed by atoms with E-state index in [0.29, 0.717) is 25.9 Å². The third-order valence-corrected chi connectivity index (χ3v) is 6.08. The average Bonchev–Trinajstić information content (AvgIpc) is 2.38. The van der Waals surface area contributed by atoms with Crippen molar-refractivity contribution < 1.29 is 16.8 Å². The van der Waals surface area contributed by atoms with Gasteiger partial charge < -0.3 is 5.73 Å².